The Morgan fingerprint density at radius 3 is 2.15 bits per heavy atom. The summed E-state index contributed by atoms with van der Waals surface area (Å²) in [5, 5.41) is 2.66. The summed E-state index contributed by atoms with van der Waals surface area (Å²) < 4.78 is 0. The summed E-state index contributed by atoms with van der Waals surface area (Å²) in [5.41, 5.74) is 7.60. The molecule has 0 spiro atoms. The molecule has 20 heavy (non-hydrogen) atoms. The van der Waals surface area contributed by atoms with Gasteiger partial charge in [-0.05, 0) is 24.6 Å². The van der Waals surface area contributed by atoms with Crippen molar-refractivity contribution in [3.63, 3.8) is 0 Å². The molecule has 4 nitrogen and oxygen atoms in total. The molecule has 2 aromatic carbocycles. The highest BCUT2D eigenvalue weighted by atomic mass is 16.2. The number of nitrogens with one attached hydrogen (secondary N) is 1. The number of rotatable bonds is 4. The Morgan fingerprint density at radius 2 is 1.60 bits per heavy atom. The maximum Gasteiger partial charge on any atom is 0.252 e. The summed E-state index contributed by atoms with van der Waals surface area (Å²) in [4.78, 5) is 23.7. The van der Waals surface area contributed by atoms with Crippen molar-refractivity contribution >= 4 is 11.8 Å². The molecule has 0 aromatic heterocycles. The van der Waals surface area contributed by atoms with Crippen LogP contribution in [0.15, 0.2) is 54.6 Å². The second-order valence-corrected chi connectivity index (χ2v) is 4.59. The molecule has 0 radical (unpaired) electrons. The molecule has 1 atom stereocenters. The van der Waals surface area contributed by atoms with Crippen LogP contribution in [0.4, 0.5) is 0 Å². The number of aryl methyl sites for hydroxylation is 1. The maximum atomic E-state index is 12.1. The molecule has 4 heteroatoms. The molecule has 0 saturated carbocycles. The molecule has 0 bridgehead atoms. The van der Waals surface area contributed by atoms with Gasteiger partial charge < -0.3 is 11.1 Å². The number of benzene rings is 2. The zero-order chi connectivity index (χ0) is 14.5. The highest BCUT2D eigenvalue weighted by molar-refractivity contribution is 5.97. The average molecular weight is 268 g/mol. The van der Waals surface area contributed by atoms with Gasteiger partial charge in [0, 0.05) is 5.56 Å². The van der Waals surface area contributed by atoms with Crippen LogP contribution in [-0.2, 0) is 4.79 Å². The largest absolute Gasteiger partial charge is 0.368 e. The van der Waals surface area contributed by atoms with Crippen molar-refractivity contribution in [3.8, 4) is 0 Å². The Hall–Kier alpha value is -2.62. The van der Waals surface area contributed by atoms with Crippen molar-refractivity contribution in [1.82, 2.24) is 5.32 Å². The number of hydrogen-bond acceptors (Lipinski definition) is 2. The van der Waals surface area contributed by atoms with E-state index >= 15 is 0 Å². The van der Waals surface area contributed by atoms with Crippen molar-refractivity contribution in [2.24, 2.45) is 5.73 Å². The Balaban J connectivity index is 2.19. The minimum atomic E-state index is -0.829. The number of carbonyl (C=O) groups excluding carboxylic acids is 2. The van der Waals surface area contributed by atoms with Crippen molar-refractivity contribution in [2.45, 2.75) is 13.0 Å². The molecule has 0 aliphatic heterocycles. The number of primary amides is 1. The van der Waals surface area contributed by atoms with Crippen molar-refractivity contribution < 1.29 is 9.59 Å². The first-order chi connectivity index (χ1) is 9.58. The standard InChI is InChI=1S/C16H16N2O2/c1-11-7-9-13(10-8-11)16(20)18-14(15(17)19)12-5-3-2-4-6-12/h2-10,14H,1H3,(H2,17,19)(H,18,20). The fourth-order valence-electron chi connectivity index (χ4n) is 1.88. The van der Waals surface area contributed by atoms with Gasteiger partial charge in [0.1, 0.15) is 6.04 Å². The Kier molecular flexibility index (Phi) is 4.15. The van der Waals surface area contributed by atoms with Gasteiger partial charge in [0.15, 0.2) is 0 Å². The van der Waals surface area contributed by atoms with E-state index in [1.807, 2.05) is 25.1 Å². The Morgan fingerprint density at radius 1 is 1.00 bits per heavy atom. The molecular weight excluding hydrogens is 252 g/mol. The van der Waals surface area contributed by atoms with Gasteiger partial charge in [-0.2, -0.15) is 0 Å². The van der Waals surface area contributed by atoms with Gasteiger partial charge in [0.05, 0.1) is 0 Å². The number of hydrogen-bond donors (Lipinski definition) is 2. The average Bonchev–Trinajstić information content (AvgIpc) is 2.46. The van der Waals surface area contributed by atoms with E-state index in [9.17, 15) is 9.59 Å². The summed E-state index contributed by atoms with van der Waals surface area (Å²) >= 11 is 0. The van der Waals surface area contributed by atoms with Crippen LogP contribution in [0.3, 0.4) is 0 Å². The smallest absolute Gasteiger partial charge is 0.252 e. The third-order valence-electron chi connectivity index (χ3n) is 3.01. The van der Waals surface area contributed by atoms with E-state index in [0.29, 0.717) is 11.1 Å². The minimum Gasteiger partial charge on any atom is -0.368 e. The predicted molar refractivity (Wildman–Crippen MR) is 77.0 cm³/mol. The fourth-order valence-corrected chi connectivity index (χ4v) is 1.88. The van der Waals surface area contributed by atoms with Gasteiger partial charge in [0.25, 0.3) is 5.91 Å². The Bertz CT molecular complexity index is 606. The van der Waals surface area contributed by atoms with E-state index in [1.165, 1.54) is 0 Å². The first-order valence-corrected chi connectivity index (χ1v) is 6.29. The highest BCUT2D eigenvalue weighted by Gasteiger charge is 2.20. The zero-order valence-electron chi connectivity index (χ0n) is 11.2. The zero-order valence-corrected chi connectivity index (χ0v) is 11.2. The van der Waals surface area contributed by atoms with Crippen LogP contribution in [-0.4, -0.2) is 11.8 Å². The summed E-state index contributed by atoms with van der Waals surface area (Å²) in [7, 11) is 0. The molecule has 2 aromatic rings. The molecule has 2 rings (SSSR count). The molecule has 0 aliphatic carbocycles. The van der Waals surface area contributed by atoms with Gasteiger partial charge in [-0.1, -0.05) is 48.0 Å². The van der Waals surface area contributed by atoms with E-state index in [1.54, 1.807) is 36.4 Å². The highest BCUT2D eigenvalue weighted by Crippen LogP contribution is 2.13. The number of amides is 2. The van der Waals surface area contributed by atoms with Crippen molar-refractivity contribution in [2.75, 3.05) is 0 Å². The van der Waals surface area contributed by atoms with Gasteiger partial charge in [-0.3, -0.25) is 9.59 Å². The molecule has 102 valence electrons. The van der Waals surface area contributed by atoms with Crippen LogP contribution in [0, 0.1) is 6.92 Å². The third-order valence-corrected chi connectivity index (χ3v) is 3.01. The van der Waals surface area contributed by atoms with Gasteiger partial charge in [-0.15, -0.1) is 0 Å². The topological polar surface area (TPSA) is 72.2 Å². The quantitative estimate of drug-likeness (QED) is 0.889. The molecule has 1 unspecified atom stereocenters. The summed E-state index contributed by atoms with van der Waals surface area (Å²) in [6, 6.07) is 15.2. The summed E-state index contributed by atoms with van der Waals surface area (Å²) in [6.07, 6.45) is 0. The second-order valence-electron chi connectivity index (χ2n) is 4.59. The maximum absolute atomic E-state index is 12.1. The molecule has 0 fully saturated rings. The van der Waals surface area contributed by atoms with Gasteiger partial charge in [-0.25, -0.2) is 0 Å². The Labute approximate surface area is 117 Å². The predicted octanol–water partition coefficient (Wildman–Crippen LogP) is 1.95. The molecular formula is C16H16N2O2. The lowest BCUT2D eigenvalue weighted by atomic mass is 10.1. The van der Waals surface area contributed by atoms with E-state index in [4.69, 9.17) is 5.73 Å². The van der Waals surface area contributed by atoms with Crippen molar-refractivity contribution in [1.29, 1.82) is 0 Å². The van der Waals surface area contributed by atoms with Crippen LogP contribution in [0.1, 0.15) is 27.5 Å². The van der Waals surface area contributed by atoms with E-state index in [2.05, 4.69) is 5.32 Å². The van der Waals surface area contributed by atoms with Crippen LogP contribution >= 0.6 is 0 Å². The van der Waals surface area contributed by atoms with Crippen LogP contribution in [0.2, 0.25) is 0 Å². The summed E-state index contributed by atoms with van der Waals surface area (Å²) in [5.74, 6) is -0.908. The molecule has 0 aliphatic rings. The first-order valence-electron chi connectivity index (χ1n) is 6.29. The van der Waals surface area contributed by atoms with Gasteiger partial charge in [0.2, 0.25) is 5.91 Å². The van der Waals surface area contributed by atoms with E-state index in [-0.39, 0.29) is 5.91 Å². The fraction of sp³-hybridized carbons (Fsp3) is 0.125. The lowest BCUT2D eigenvalue weighted by molar-refractivity contribution is -0.120. The van der Waals surface area contributed by atoms with E-state index in [0.717, 1.165) is 5.56 Å². The lowest BCUT2D eigenvalue weighted by Gasteiger charge is -2.16. The van der Waals surface area contributed by atoms with Gasteiger partial charge >= 0.3 is 0 Å². The third kappa shape index (κ3) is 3.23. The first kappa shape index (κ1) is 13.8. The lowest BCUT2D eigenvalue weighted by Crippen LogP contribution is -2.37. The molecule has 0 saturated heterocycles. The molecule has 0 heterocycles. The van der Waals surface area contributed by atoms with Crippen molar-refractivity contribution in [3.05, 3.63) is 71.3 Å². The SMILES string of the molecule is Cc1ccc(C(=O)NC(C(N)=O)c2ccccc2)cc1. The van der Waals surface area contributed by atoms with Crippen LogP contribution < -0.4 is 11.1 Å². The molecule has 2 amide bonds. The summed E-state index contributed by atoms with van der Waals surface area (Å²) in [6.45, 7) is 1.94. The van der Waals surface area contributed by atoms with Crippen LogP contribution in [0.25, 0.3) is 0 Å². The number of carbonyl (C=O) groups is 2. The number of nitrogens with two attached hydrogens (primary N) is 1. The van der Waals surface area contributed by atoms with Crippen LogP contribution in [0.5, 0.6) is 0 Å². The molecule has 3 N–H and O–H groups in total. The van der Waals surface area contributed by atoms with E-state index < -0.39 is 11.9 Å². The monoisotopic (exact) mass is 268 g/mol. The normalized spacial score (nSPS) is 11.7. The second kappa shape index (κ2) is 6.02. The minimum absolute atomic E-state index is 0.322.